The first-order valence-corrected chi connectivity index (χ1v) is 6.74. The maximum Gasteiger partial charge on any atom is 0.319 e. The van der Waals surface area contributed by atoms with E-state index in [-0.39, 0.29) is 6.03 Å². The number of nitrogens with zero attached hydrogens (tertiary/aromatic N) is 2. The van der Waals surface area contributed by atoms with E-state index in [1.54, 1.807) is 10.7 Å². The van der Waals surface area contributed by atoms with Crippen molar-refractivity contribution in [3.05, 3.63) is 23.9 Å². The number of aldehydes is 1. The van der Waals surface area contributed by atoms with Gasteiger partial charge in [0.25, 0.3) is 0 Å². The second-order valence-electron chi connectivity index (χ2n) is 4.92. The second kappa shape index (κ2) is 4.96. The highest BCUT2D eigenvalue weighted by Crippen LogP contribution is 2.23. The molecule has 0 saturated heterocycles. The molecule has 0 bridgehead atoms. The molecule has 1 aromatic carbocycles. The first-order chi connectivity index (χ1) is 9.71. The van der Waals surface area contributed by atoms with Gasteiger partial charge in [0.2, 0.25) is 0 Å². The SMILES string of the molecule is CCn1nc(C=O)c2cc(NC(=O)NC3CC3)ccc21. The van der Waals surface area contributed by atoms with Gasteiger partial charge in [-0.2, -0.15) is 5.10 Å². The van der Waals surface area contributed by atoms with Crippen LogP contribution in [0.25, 0.3) is 10.9 Å². The number of aromatic nitrogens is 2. The monoisotopic (exact) mass is 272 g/mol. The van der Waals surface area contributed by atoms with Gasteiger partial charge in [0.15, 0.2) is 6.29 Å². The number of rotatable bonds is 4. The van der Waals surface area contributed by atoms with Gasteiger partial charge in [-0.05, 0) is 38.0 Å². The molecule has 6 heteroatoms. The van der Waals surface area contributed by atoms with Gasteiger partial charge in [-0.3, -0.25) is 9.48 Å². The minimum atomic E-state index is -0.206. The summed E-state index contributed by atoms with van der Waals surface area (Å²) < 4.78 is 1.77. The third kappa shape index (κ3) is 2.36. The lowest BCUT2D eigenvalue weighted by Crippen LogP contribution is -2.30. The summed E-state index contributed by atoms with van der Waals surface area (Å²) in [6.45, 7) is 2.66. The van der Waals surface area contributed by atoms with Crippen molar-refractivity contribution >= 4 is 28.9 Å². The van der Waals surface area contributed by atoms with E-state index in [9.17, 15) is 9.59 Å². The Hall–Kier alpha value is -2.37. The zero-order valence-corrected chi connectivity index (χ0v) is 11.2. The Morgan fingerprint density at radius 2 is 2.30 bits per heavy atom. The fraction of sp³-hybridized carbons (Fsp3) is 0.357. The summed E-state index contributed by atoms with van der Waals surface area (Å²) in [5.74, 6) is 0. The molecule has 0 unspecified atom stereocenters. The third-order valence-corrected chi connectivity index (χ3v) is 3.36. The number of carbonyl (C=O) groups is 2. The smallest absolute Gasteiger partial charge is 0.319 e. The summed E-state index contributed by atoms with van der Waals surface area (Å²) >= 11 is 0. The van der Waals surface area contributed by atoms with Crippen LogP contribution in [0.4, 0.5) is 10.5 Å². The Morgan fingerprint density at radius 3 is 2.95 bits per heavy atom. The predicted octanol–water partition coefficient (Wildman–Crippen LogP) is 2.15. The van der Waals surface area contributed by atoms with Gasteiger partial charge >= 0.3 is 6.03 Å². The maximum atomic E-state index is 11.7. The van der Waals surface area contributed by atoms with Gasteiger partial charge in [-0.15, -0.1) is 0 Å². The summed E-state index contributed by atoms with van der Waals surface area (Å²) in [6, 6.07) is 5.57. The fourth-order valence-electron chi connectivity index (χ4n) is 2.19. The molecule has 0 radical (unpaired) electrons. The number of carbonyl (C=O) groups excluding carboxylic acids is 2. The van der Waals surface area contributed by atoms with Crippen molar-refractivity contribution in [1.29, 1.82) is 0 Å². The average molecular weight is 272 g/mol. The van der Waals surface area contributed by atoms with E-state index >= 15 is 0 Å². The first kappa shape index (κ1) is 12.7. The number of anilines is 1. The Labute approximate surface area is 116 Å². The van der Waals surface area contributed by atoms with Gasteiger partial charge in [0.05, 0.1) is 5.52 Å². The van der Waals surface area contributed by atoms with Crippen LogP contribution in [-0.2, 0) is 6.54 Å². The number of hydrogen-bond acceptors (Lipinski definition) is 3. The molecule has 1 saturated carbocycles. The number of amides is 2. The van der Waals surface area contributed by atoms with Crippen molar-refractivity contribution in [2.75, 3.05) is 5.32 Å². The molecular formula is C14H16N4O2. The molecule has 104 valence electrons. The molecule has 0 aliphatic heterocycles. The minimum Gasteiger partial charge on any atom is -0.335 e. The highest BCUT2D eigenvalue weighted by Gasteiger charge is 2.23. The Morgan fingerprint density at radius 1 is 1.50 bits per heavy atom. The number of urea groups is 1. The van der Waals surface area contributed by atoms with E-state index in [0.717, 1.165) is 30.0 Å². The zero-order valence-electron chi connectivity index (χ0n) is 11.2. The second-order valence-corrected chi connectivity index (χ2v) is 4.92. The van der Waals surface area contributed by atoms with Crippen LogP contribution in [0.15, 0.2) is 18.2 Å². The van der Waals surface area contributed by atoms with Crippen molar-refractivity contribution < 1.29 is 9.59 Å². The minimum absolute atomic E-state index is 0.206. The Bertz CT molecular complexity index is 673. The molecule has 2 aromatic rings. The number of benzene rings is 1. The molecule has 0 spiro atoms. The van der Waals surface area contributed by atoms with E-state index in [1.165, 1.54) is 0 Å². The van der Waals surface area contributed by atoms with Gasteiger partial charge in [0.1, 0.15) is 5.69 Å². The van der Waals surface area contributed by atoms with E-state index < -0.39 is 0 Å². The van der Waals surface area contributed by atoms with Gasteiger partial charge in [-0.1, -0.05) is 0 Å². The Balaban J connectivity index is 1.88. The molecule has 3 rings (SSSR count). The van der Waals surface area contributed by atoms with E-state index in [0.29, 0.717) is 24.0 Å². The highest BCUT2D eigenvalue weighted by molar-refractivity contribution is 5.99. The molecule has 2 amide bonds. The maximum absolute atomic E-state index is 11.7. The van der Waals surface area contributed by atoms with Crippen LogP contribution >= 0.6 is 0 Å². The zero-order chi connectivity index (χ0) is 14.1. The molecule has 20 heavy (non-hydrogen) atoms. The van der Waals surface area contributed by atoms with Crippen LogP contribution in [0.5, 0.6) is 0 Å². The normalized spacial score (nSPS) is 14.2. The highest BCUT2D eigenvalue weighted by atomic mass is 16.2. The molecule has 1 aliphatic rings. The molecule has 0 atom stereocenters. The quantitative estimate of drug-likeness (QED) is 0.837. The number of aryl methyl sites for hydroxylation is 1. The van der Waals surface area contributed by atoms with E-state index in [4.69, 9.17) is 0 Å². The standard InChI is InChI=1S/C14H16N4O2/c1-2-18-13-6-5-10(7-11(13)12(8-19)17-18)16-14(20)15-9-3-4-9/h5-9H,2-4H2,1H3,(H2,15,16,20). The molecule has 2 N–H and O–H groups in total. The van der Waals surface area contributed by atoms with Crippen molar-refractivity contribution in [2.45, 2.75) is 32.4 Å². The predicted molar refractivity (Wildman–Crippen MR) is 76.0 cm³/mol. The lowest BCUT2D eigenvalue weighted by atomic mass is 10.2. The molecule has 1 aromatic heterocycles. The van der Waals surface area contributed by atoms with Gasteiger partial charge < -0.3 is 10.6 Å². The van der Waals surface area contributed by atoms with Gasteiger partial charge in [0, 0.05) is 23.7 Å². The number of nitrogens with one attached hydrogen (secondary N) is 2. The topological polar surface area (TPSA) is 76.0 Å². The molecule has 1 heterocycles. The van der Waals surface area contributed by atoms with Crippen LogP contribution in [0.1, 0.15) is 30.3 Å². The molecule has 1 fully saturated rings. The van der Waals surface area contributed by atoms with Crippen LogP contribution < -0.4 is 10.6 Å². The number of fused-ring (bicyclic) bond motifs is 1. The largest absolute Gasteiger partial charge is 0.335 e. The average Bonchev–Trinajstić information content (AvgIpc) is 3.18. The fourth-order valence-corrected chi connectivity index (χ4v) is 2.19. The van der Waals surface area contributed by atoms with Gasteiger partial charge in [-0.25, -0.2) is 4.79 Å². The van der Waals surface area contributed by atoms with E-state index in [1.807, 2.05) is 19.1 Å². The van der Waals surface area contributed by atoms with E-state index in [2.05, 4.69) is 15.7 Å². The van der Waals surface area contributed by atoms with Crippen LogP contribution in [0, 0.1) is 0 Å². The number of hydrogen-bond donors (Lipinski definition) is 2. The van der Waals surface area contributed by atoms with Crippen molar-refractivity contribution in [3.63, 3.8) is 0 Å². The van der Waals surface area contributed by atoms with Crippen molar-refractivity contribution in [1.82, 2.24) is 15.1 Å². The summed E-state index contributed by atoms with van der Waals surface area (Å²) in [4.78, 5) is 22.8. The van der Waals surface area contributed by atoms with Crippen LogP contribution in [0.3, 0.4) is 0 Å². The van der Waals surface area contributed by atoms with Crippen LogP contribution in [0.2, 0.25) is 0 Å². The Kier molecular flexibility index (Phi) is 3.14. The van der Waals surface area contributed by atoms with Crippen molar-refractivity contribution in [3.8, 4) is 0 Å². The summed E-state index contributed by atoms with van der Waals surface area (Å²) in [6.07, 6.45) is 2.83. The summed E-state index contributed by atoms with van der Waals surface area (Å²) in [5.41, 5.74) is 1.95. The molecular weight excluding hydrogens is 256 g/mol. The lowest BCUT2D eigenvalue weighted by Gasteiger charge is -2.07. The van der Waals surface area contributed by atoms with Crippen molar-refractivity contribution in [2.24, 2.45) is 0 Å². The van der Waals surface area contributed by atoms with Crippen LogP contribution in [-0.4, -0.2) is 28.1 Å². The third-order valence-electron chi connectivity index (χ3n) is 3.36. The summed E-state index contributed by atoms with van der Waals surface area (Å²) in [7, 11) is 0. The molecule has 6 nitrogen and oxygen atoms in total. The first-order valence-electron chi connectivity index (χ1n) is 6.74. The molecule has 1 aliphatic carbocycles. The lowest BCUT2D eigenvalue weighted by molar-refractivity contribution is 0.111. The summed E-state index contributed by atoms with van der Waals surface area (Å²) in [5, 5.41) is 10.6.